The van der Waals surface area contributed by atoms with Crippen LogP contribution in [-0.4, -0.2) is 41.1 Å². The van der Waals surface area contributed by atoms with Crippen LogP contribution in [0.5, 0.6) is 0 Å². The molecule has 2 N–H and O–H groups in total. The van der Waals surface area contributed by atoms with E-state index in [9.17, 15) is 13.2 Å². The van der Waals surface area contributed by atoms with E-state index in [1.54, 1.807) is 13.0 Å². The molecule has 152 valence electrons. The molecular formula is C21H28N2O4S. The standard InChI is InChI=1S/C21H28N2O4S/c1-4-17(18-8-6-5-7-9-18)15-22-21(24)20-14-19(11-10-16(20)2)28(25,26)23-12-13-27-3/h5-11,14,17,23H,4,12-13,15H2,1-3H3,(H,22,24). The van der Waals surface area contributed by atoms with Crippen molar-refractivity contribution < 1.29 is 17.9 Å². The van der Waals surface area contributed by atoms with Gasteiger partial charge in [0.2, 0.25) is 10.0 Å². The Kier molecular flexibility index (Phi) is 8.17. The number of amides is 1. The van der Waals surface area contributed by atoms with E-state index >= 15 is 0 Å². The molecule has 0 aromatic heterocycles. The zero-order valence-electron chi connectivity index (χ0n) is 16.6. The fourth-order valence-electron chi connectivity index (χ4n) is 2.91. The Bertz CT molecular complexity index is 883. The van der Waals surface area contributed by atoms with Crippen molar-refractivity contribution in [2.75, 3.05) is 26.8 Å². The second-order valence-corrected chi connectivity index (χ2v) is 8.36. The van der Waals surface area contributed by atoms with Gasteiger partial charge in [0.05, 0.1) is 11.5 Å². The first-order chi connectivity index (χ1) is 13.4. The van der Waals surface area contributed by atoms with E-state index < -0.39 is 10.0 Å². The third kappa shape index (κ3) is 5.89. The van der Waals surface area contributed by atoms with Crippen LogP contribution in [0.15, 0.2) is 53.4 Å². The SMILES string of the molecule is CCC(CNC(=O)c1cc(S(=O)(=O)NCCOC)ccc1C)c1ccccc1. The molecule has 0 aliphatic carbocycles. The number of ether oxygens (including phenoxy) is 1. The molecule has 0 radical (unpaired) electrons. The van der Waals surface area contributed by atoms with Gasteiger partial charge in [0.15, 0.2) is 0 Å². The van der Waals surface area contributed by atoms with Crippen LogP contribution in [0.2, 0.25) is 0 Å². The molecule has 6 nitrogen and oxygen atoms in total. The maximum Gasteiger partial charge on any atom is 0.251 e. The molecule has 0 aliphatic heterocycles. The molecule has 2 aromatic carbocycles. The molecule has 0 bridgehead atoms. The summed E-state index contributed by atoms with van der Waals surface area (Å²) in [5, 5.41) is 2.95. The summed E-state index contributed by atoms with van der Waals surface area (Å²) in [5.74, 6) is -0.0751. The zero-order valence-corrected chi connectivity index (χ0v) is 17.4. The first kappa shape index (κ1) is 22.1. The van der Waals surface area contributed by atoms with Gasteiger partial charge in [0, 0.05) is 31.7 Å². The van der Waals surface area contributed by atoms with Crippen molar-refractivity contribution in [3.05, 3.63) is 65.2 Å². The Morgan fingerprint density at radius 3 is 2.50 bits per heavy atom. The topological polar surface area (TPSA) is 84.5 Å². The van der Waals surface area contributed by atoms with E-state index in [0.717, 1.165) is 12.0 Å². The first-order valence-corrected chi connectivity index (χ1v) is 10.8. The summed E-state index contributed by atoms with van der Waals surface area (Å²) in [5.41, 5.74) is 2.25. The summed E-state index contributed by atoms with van der Waals surface area (Å²) in [6.45, 7) is 4.80. The maximum atomic E-state index is 12.7. The highest BCUT2D eigenvalue weighted by atomic mass is 32.2. The largest absolute Gasteiger partial charge is 0.383 e. The van der Waals surface area contributed by atoms with E-state index in [-0.39, 0.29) is 29.9 Å². The van der Waals surface area contributed by atoms with Crippen LogP contribution in [0.1, 0.15) is 40.7 Å². The molecule has 0 spiro atoms. The normalized spacial score (nSPS) is 12.5. The molecule has 2 aromatic rings. The lowest BCUT2D eigenvalue weighted by molar-refractivity contribution is 0.0950. The lowest BCUT2D eigenvalue weighted by atomic mass is 9.96. The van der Waals surface area contributed by atoms with Gasteiger partial charge in [-0.15, -0.1) is 0 Å². The van der Waals surface area contributed by atoms with Crippen molar-refractivity contribution in [3.63, 3.8) is 0 Å². The van der Waals surface area contributed by atoms with Crippen molar-refractivity contribution in [3.8, 4) is 0 Å². The molecule has 0 heterocycles. The van der Waals surface area contributed by atoms with E-state index in [4.69, 9.17) is 4.74 Å². The number of carbonyl (C=O) groups is 1. The van der Waals surface area contributed by atoms with Gasteiger partial charge in [-0.1, -0.05) is 43.3 Å². The van der Waals surface area contributed by atoms with Gasteiger partial charge in [-0.25, -0.2) is 13.1 Å². The lowest BCUT2D eigenvalue weighted by Gasteiger charge is -2.17. The summed E-state index contributed by atoms with van der Waals surface area (Å²) < 4.78 is 32.1. The number of aryl methyl sites for hydroxylation is 1. The highest BCUT2D eigenvalue weighted by molar-refractivity contribution is 7.89. The van der Waals surface area contributed by atoms with Crippen LogP contribution in [0, 0.1) is 6.92 Å². The summed E-state index contributed by atoms with van der Waals surface area (Å²) in [7, 11) is -2.19. The monoisotopic (exact) mass is 404 g/mol. The number of nitrogens with one attached hydrogen (secondary N) is 2. The quantitative estimate of drug-likeness (QED) is 0.597. The number of carbonyl (C=O) groups excluding carboxylic acids is 1. The van der Waals surface area contributed by atoms with Gasteiger partial charge in [-0.2, -0.15) is 0 Å². The first-order valence-electron chi connectivity index (χ1n) is 9.31. The highest BCUT2D eigenvalue weighted by Gasteiger charge is 2.18. The number of hydrogen-bond acceptors (Lipinski definition) is 4. The number of benzene rings is 2. The predicted molar refractivity (Wildman–Crippen MR) is 110 cm³/mol. The highest BCUT2D eigenvalue weighted by Crippen LogP contribution is 2.19. The Morgan fingerprint density at radius 2 is 1.86 bits per heavy atom. The minimum atomic E-state index is -3.69. The van der Waals surface area contributed by atoms with E-state index in [2.05, 4.69) is 17.0 Å². The number of hydrogen-bond donors (Lipinski definition) is 2. The molecule has 0 aliphatic rings. The molecule has 0 saturated heterocycles. The lowest BCUT2D eigenvalue weighted by Crippen LogP contribution is -2.30. The Balaban J connectivity index is 2.12. The molecule has 2 rings (SSSR count). The molecule has 0 fully saturated rings. The molecule has 28 heavy (non-hydrogen) atoms. The van der Waals surface area contributed by atoms with Crippen molar-refractivity contribution >= 4 is 15.9 Å². The van der Waals surface area contributed by atoms with Crippen LogP contribution < -0.4 is 10.0 Å². The Hall–Kier alpha value is -2.22. The van der Waals surface area contributed by atoms with Gasteiger partial charge >= 0.3 is 0 Å². The second kappa shape index (κ2) is 10.4. The number of methoxy groups -OCH3 is 1. The van der Waals surface area contributed by atoms with Gasteiger partial charge in [0.1, 0.15) is 0 Å². The Morgan fingerprint density at radius 1 is 1.14 bits per heavy atom. The Labute approximate surface area is 167 Å². The minimum Gasteiger partial charge on any atom is -0.383 e. The van der Waals surface area contributed by atoms with Crippen LogP contribution in [0.4, 0.5) is 0 Å². The van der Waals surface area contributed by atoms with E-state index in [0.29, 0.717) is 12.1 Å². The van der Waals surface area contributed by atoms with Crippen molar-refractivity contribution in [1.82, 2.24) is 10.0 Å². The van der Waals surface area contributed by atoms with Crippen molar-refractivity contribution in [2.24, 2.45) is 0 Å². The van der Waals surface area contributed by atoms with Gasteiger partial charge in [-0.05, 0) is 36.6 Å². The maximum absolute atomic E-state index is 12.7. The second-order valence-electron chi connectivity index (χ2n) is 6.59. The summed E-state index contributed by atoms with van der Waals surface area (Å²) in [6, 6.07) is 14.6. The van der Waals surface area contributed by atoms with Crippen molar-refractivity contribution in [2.45, 2.75) is 31.1 Å². The smallest absolute Gasteiger partial charge is 0.251 e. The third-order valence-electron chi connectivity index (χ3n) is 4.64. The van der Waals surface area contributed by atoms with Crippen LogP contribution >= 0.6 is 0 Å². The van der Waals surface area contributed by atoms with Gasteiger partial charge in [-0.3, -0.25) is 4.79 Å². The summed E-state index contributed by atoms with van der Waals surface area (Å²) in [6.07, 6.45) is 0.890. The van der Waals surface area contributed by atoms with E-state index in [1.165, 1.54) is 24.8 Å². The average molecular weight is 405 g/mol. The van der Waals surface area contributed by atoms with Crippen LogP contribution in [0.3, 0.4) is 0 Å². The molecule has 1 unspecified atom stereocenters. The van der Waals surface area contributed by atoms with Gasteiger partial charge < -0.3 is 10.1 Å². The third-order valence-corrected chi connectivity index (χ3v) is 6.09. The molecule has 1 amide bonds. The zero-order chi connectivity index (χ0) is 20.6. The molecule has 0 saturated carbocycles. The summed E-state index contributed by atoms with van der Waals surface area (Å²) >= 11 is 0. The van der Waals surface area contributed by atoms with Crippen LogP contribution in [-0.2, 0) is 14.8 Å². The fourth-order valence-corrected chi connectivity index (χ4v) is 3.95. The predicted octanol–water partition coefficient (Wildman–Crippen LogP) is 2.84. The minimum absolute atomic E-state index is 0.0643. The molecule has 7 heteroatoms. The fraction of sp³-hybridized carbons (Fsp3) is 0.381. The van der Waals surface area contributed by atoms with Crippen LogP contribution in [0.25, 0.3) is 0 Å². The average Bonchev–Trinajstić information content (AvgIpc) is 2.69. The number of rotatable bonds is 10. The molecular weight excluding hydrogens is 376 g/mol. The number of sulfonamides is 1. The van der Waals surface area contributed by atoms with Crippen molar-refractivity contribution in [1.29, 1.82) is 0 Å². The summed E-state index contributed by atoms with van der Waals surface area (Å²) in [4.78, 5) is 12.8. The van der Waals surface area contributed by atoms with Gasteiger partial charge in [0.25, 0.3) is 5.91 Å². The van der Waals surface area contributed by atoms with E-state index in [1.807, 2.05) is 30.3 Å². The molecule has 1 atom stereocenters.